The van der Waals surface area contributed by atoms with Crippen molar-refractivity contribution in [1.82, 2.24) is 0 Å². The number of methoxy groups -OCH3 is 1. The molecule has 0 aliphatic carbocycles. The van der Waals surface area contributed by atoms with Crippen LogP contribution in [0, 0.1) is 11.6 Å². The summed E-state index contributed by atoms with van der Waals surface area (Å²) in [6, 6.07) is 7.63. The summed E-state index contributed by atoms with van der Waals surface area (Å²) in [5.41, 5.74) is 0.705. The Morgan fingerprint density at radius 3 is 2.52 bits per heavy atom. The van der Waals surface area contributed by atoms with Gasteiger partial charge < -0.3 is 14.8 Å². The molecule has 25 heavy (non-hydrogen) atoms. The van der Waals surface area contributed by atoms with E-state index >= 15 is 0 Å². The molecule has 0 aliphatic rings. The van der Waals surface area contributed by atoms with Gasteiger partial charge in [0.15, 0.2) is 18.2 Å². The van der Waals surface area contributed by atoms with Crippen molar-refractivity contribution in [2.75, 3.05) is 19.0 Å². The van der Waals surface area contributed by atoms with Crippen LogP contribution in [0.4, 0.5) is 14.5 Å². The molecule has 2 aromatic rings. The van der Waals surface area contributed by atoms with Crippen LogP contribution in [0.1, 0.15) is 5.56 Å². The Hall–Kier alpha value is -2.67. The first-order valence-electron chi connectivity index (χ1n) is 7.12. The van der Waals surface area contributed by atoms with Crippen molar-refractivity contribution in [1.29, 1.82) is 0 Å². The topological polar surface area (TPSA) is 64.6 Å². The lowest BCUT2D eigenvalue weighted by Gasteiger charge is -2.09. The number of carbonyl (C=O) groups is 2. The third kappa shape index (κ3) is 5.42. The number of hydrogen-bond donors (Lipinski definition) is 1. The molecule has 1 N–H and O–H groups in total. The Labute approximate surface area is 147 Å². The largest absolute Gasteiger partial charge is 0.481 e. The second-order valence-electron chi connectivity index (χ2n) is 4.98. The number of esters is 1. The van der Waals surface area contributed by atoms with Gasteiger partial charge in [0, 0.05) is 5.69 Å². The molecule has 8 heteroatoms. The molecule has 0 spiro atoms. The Balaban J connectivity index is 1.92. The zero-order valence-electron chi connectivity index (χ0n) is 13.1. The van der Waals surface area contributed by atoms with Crippen molar-refractivity contribution in [3.05, 3.63) is 58.6 Å². The van der Waals surface area contributed by atoms with Crippen molar-refractivity contribution in [2.24, 2.45) is 0 Å². The minimum atomic E-state index is -0.709. The zero-order chi connectivity index (χ0) is 18.4. The summed E-state index contributed by atoms with van der Waals surface area (Å²) in [6.45, 7) is -0.456. The number of benzene rings is 2. The second-order valence-corrected chi connectivity index (χ2v) is 5.39. The Bertz CT molecular complexity index is 798. The van der Waals surface area contributed by atoms with Gasteiger partial charge >= 0.3 is 5.97 Å². The third-order valence-electron chi connectivity index (χ3n) is 3.13. The predicted molar refractivity (Wildman–Crippen MR) is 87.7 cm³/mol. The first-order chi connectivity index (χ1) is 11.9. The third-order valence-corrected chi connectivity index (χ3v) is 3.42. The van der Waals surface area contributed by atoms with E-state index in [9.17, 15) is 18.4 Å². The highest BCUT2D eigenvalue weighted by atomic mass is 35.5. The number of rotatable bonds is 6. The number of nitrogens with one attached hydrogen (secondary N) is 1. The van der Waals surface area contributed by atoms with E-state index in [2.05, 4.69) is 10.1 Å². The molecule has 2 rings (SSSR count). The summed E-state index contributed by atoms with van der Waals surface area (Å²) < 4.78 is 36.6. The van der Waals surface area contributed by atoms with Crippen molar-refractivity contribution < 1.29 is 27.8 Å². The minimum Gasteiger partial charge on any atom is -0.481 e. The highest BCUT2D eigenvalue weighted by molar-refractivity contribution is 6.31. The van der Waals surface area contributed by atoms with Crippen molar-refractivity contribution in [3.63, 3.8) is 0 Å². The summed E-state index contributed by atoms with van der Waals surface area (Å²) in [5.74, 6) is -2.52. The predicted octanol–water partition coefficient (Wildman–Crippen LogP) is 3.35. The number of anilines is 1. The number of hydrogen-bond acceptors (Lipinski definition) is 4. The molecule has 0 saturated carbocycles. The average molecular weight is 370 g/mol. The fraction of sp³-hybridized carbons (Fsp3) is 0.176. The molecule has 0 bridgehead atoms. The molecule has 0 fully saturated rings. The van der Waals surface area contributed by atoms with Crippen LogP contribution in [-0.4, -0.2) is 25.6 Å². The summed E-state index contributed by atoms with van der Waals surface area (Å²) in [4.78, 5) is 22.9. The van der Waals surface area contributed by atoms with Crippen LogP contribution in [0.2, 0.25) is 5.02 Å². The first kappa shape index (κ1) is 18.7. The first-order valence-corrected chi connectivity index (χ1v) is 7.50. The molecule has 0 aromatic heterocycles. The molecule has 0 heterocycles. The lowest BCUT2D eigenvalue weighted by Crippen LogP contribution is -2.20. The summed E-state index contributed by atoms with van der Waals surface area (Å²) in [7, 11) is 1.24. The van der Waals surface area contributed by atoms with Gasteiger partial charge in [0.1, 0.15) is 5.82 Å². The lowest BCUT2D eigenvalue weighted by atomic mass is 10.1. The van der Waals surface area contributed by atoms with E-state index in [4.69, 9.17) is 16.3 Å². The molecule has 5 nitrogen and oxygen atoms in total. The molecular weight excluding hydrogens is 356 g/mol. The van der Waals surface area contributed by atoms with Crippen LogP contribution in [0.25, 0.3) is 0 Å². The van der Waals surface area contributed by atoms with E-state index in [1.54, 1.807) is 0 Å². The average Bonchev–Trinajstić information content (AvgIpc) is 2.57. The molecule has 0 aliphatic heterocycles. The van der Waals surface area contributed by atoms with Crippen LogP contribution in [0.3, 0.4) is 0 Å². The van der Waals surface area contributed by atoms with E-state index in [0.717, 1.165) is 12.1 Å². The molecule has 1 amide bonds. The fourth-order valence-electron chi connectivity index (χ4n) is 1.92. The van der Waals surface area contributed by atoms with Gasteiger partial charge in [-0.1, -0.05) is 17.7 Å². The van der Waals surface area contributed by atoms with E-state index in [1.807, 2.05) is 0 Å². The van der Waals surface area contributed by atoms with Gasteiger partial charge in [-0.25, -0.2) is 8.78 Å². The molecule has 0 radical (unpaired) electrons. The Morgan fingerprint density at radius 2 is 1.88 bits per heavy atom. The van der Waals surface area contributed by atoms with Crippen LogP contribution >= 0.6 is 11.6 Å². The van der Waals surface area contributed by atoms with Gasteiger partial charge in [0.25, 0.3) is 5.91 Å². The Morgan fingerprint density at radius 1 is 1.12 bits per heavy atom. The van der Waals surface area contributed by atoms with Crippen molar-refractivity contribution >= 4 is 29.2 Å². The monoisotopic (exact) mass is 369 g/mol. The summed E-state index contributed by atoms with van der Waals surface area (Å²) in [5, 5.41) is 2.31. The van der Waals surface area contributed by atoms with E-state index < -0.39 is 30.1 Å². The van der Waals surface area contributed by atoms with Gasteiger partial charge in [-0.05, 0) is 35.9 Å². The summed E-state index contributed by atoms with van der Waals surface area (Å²) >= 11 is 5.61. The molecule has 2 aromatic carbocycles. The minimum absolute atomic E-state index is 0.0699. The van der Waals surface area contributed by atoms with Crippen LogP contribution < -0.4 is 10.1 Å². The molecule has 0 atom stereocenters. The number of halogens is 3. The smallest absolute Gasteiger partial charge is 0.309 e. The van der Waals surface area contributed by atoms with Crippen LogP contribution in [0.5, 0.6) is 5.75 Å². The zero-order valence-corrected chi connectivity index (χ0v) is 13.9. The Kier molecular flexibility index (Phi) is 6.30. The SMILES string of the molecule is COC(=O)Cc1ccc(OCC(=O)Nc2ccc(F)c(Cl)c2)c(F)c1. The van der Waals surface area contributed by atoms with E-state index in [0.29, 0.717) is 5.56 Å². The molecular formula is C17H14ClF2NO4. The van der Waals surface area contributed by atoms with Gasteiger partial charge in [0.2, 0.25) is 0 Å². The highest BCUT2D eigenvalue weighted by Crippen LogP contribution is 2.20. The maximum absolute atomic E-state index is 13.9. The van der Waals surface area contributed by atoms with E-state index in [1.165, 1.54) is 31.4 Å². The number of ether oxygens (including phenoxy) is 2. The maximum Gasteiger partial charge on any atom is 0.309 e. The molecule has 132 valence electrons. The standard InChI is InChI=1S/C17H14ClF2NO4/c1-24-17(23)7-10-2-5-15(14(20)6-10)25-9-16(22)21-11-3-4-13(19)12(18)8-11/h2-6,8H,7,9H2,1H3,(H,21,22). The van der Waals surface area contributed by atoms with Crippen LogP contribution in [-0.2, 0) is 20.7 Å². The summed E-state index contributed by atoms with van der Waals surface area (Å²) in [6.07, 6.45) is -0.0699. The lowest BCUT2D eigenvalue weighted by molar-refractivity contribution is -0.139. The van der Waals surface area contributed by atoms with Gasteiger partial charge in [-0.3, -0.25) is 9.59 Å². The quantitative estimate of drug-likeness (QED) is 0.793. The van der Waals surface area contributed by atoms with Crippen molar-refractivity contribution in [2.45, 2.75) is 6.42 Å². The molecule has 0 unspecified atom stereocenters. The van der Waals surface area contributed by atoms with Crippen LogP contribution in [0.15, 0.2) is 36.4 Å². The maximum atomic E-state index is 13.9. The normalized spacial score (nSPS) is 10.2. The molecule has 0 saturated heterocycles. The highest BCUT2D eigenvalue weighted by Gasteiger charge is 2.11. The van der Waals surface area contributed by atoms with Gasteiger partial charge in [-0.2, -0.15) is 0 Å². The van der Waals surface area contributed by atoms with E-state index in [-0.39, 0.29) is 22.9 Å². The number of carbonyl (C=O) groups excluding carboxylic acids is 2. The second kappa shape index (κ2) is 8.43. The van der Waals surface area contributed by atoms with Gasteiger partial charge in [0.05, 0.1) is 18.6 Å². The number of amides is 1. The fourth-order valence-corrected chi connectivity index (χ4v) is 2.10. The van der Waals surface area contributed by atoms with Crippen molar-refractivity contribution in [3.8, 4) is 5.75 Å². The van der Waals surface area contributed by atoms with Gasteiger partial charge in [-0.15, -0.1) is 0 Å².